The van der Waals surface area contributed by atoms with E-state index in [4.69, 9.17) is 9.47 Å². The molecule has 4 heteroatoms. The van der Waals surface area contributed by atoms with Crippen LogP contribution in [0.3, 0.4) is 0 Å². The van der Waals surface area contributed by atoms with Gasteiger partial charge < -0.3 is 14.8 Å². The lowest BCUT2D eigenvalue weighted by atomic mass is 10.2. The number of rotatable bonds is 8. The molecule has 0 aliphatic carbocycles. The highest BCUT2D eigenvalue weighted by molar-refractivity contribution is 5.34. The van der Waals surface area contributed by atoms with Crippen molar-refractivity contribution in [3.8, 4) is 17.4 Å². The van der Waals surface area contributed by atoms with Crippen LogP contribution in [0.1, 0.15) is 25.8 Å². The van der Waals surface area contributed by atoms with Crippen LogP contribution in [0, 0.1) is 0 Å². The van der Waals surface area contributed by atoms with E-state index < -0.39 is 0 Å². The van der Waals surface area contributed by atoms with E-state index in [1.54, 1.807) is 6.20 Å². The lowest BCUT2D eigenvalue weighted by Gasteiger charge is -2.08. The van der Waals surface area contributed by atoms with Crippen LogP contribution in [0.4, 0.5) is 0 Å². The van der Waals surface area contributed by atoms with Crippen molar-refractivity contribution >= 4 is 0 Å². The second-order valence-corrected chi connectivity index (χ2v) is 4.70. The van der Waals surface area contributed by atoms with Gasteiger partial charge >= 0.3 is 0 Å². The molecule has 0 bridgehead atoms. The molecule has 0 radical (unpaired) electrons. The van der Waals surface area contributed by atoms with Crippen LogP contribution in [0.2, 0.25) is 0 Å². The average Bonchev–Trinajstić information content (AvgIpc) is 2.53. The van der Waals surface area contributed by atoms with Gasteiger partial charge in [-0.2, -0.15) is 0 Å². The molecule has 112 valence electrons. The molecule has 21 heavy (non-hydrogen) atoms. The minimum atomic E-state index is 0.604. The summed E-state index contributed by atoms with van der Waals surface area (Å²) < 4.78 is 11.3. The van der Waals surface area contributed by atoms with Gasteiger partial charge in [-0.15, -0.1) is 0 Å². The van der Waals surface area contributed by atoms with Gasteiger partial charge in [0.2, 0.25) is 5.88 Å². The molecule has 0 saturated carbocycles. The number of hydrogen-bond donors (Lipinski definition) is 1. The summed E-state index contributed by atoms with van der Waals surface area (Å²) in [4.78, 5) is 4.23. The Labute approximate surface area is 126 Å². The van der Waals surface area contributed by atoms with Gasteiger partial charge in [0.05, 0.1) is 6.61 Å². The second-order valence-electron chi connectivity index (χ2n) is 4.70. The molecular formula is C17H22N2O2. The molecule has 2 rings (SSSR count). The number of nitrogens with zero attached hydrogens (tertiary/aromatic N) is 1. The predicted molar refractivity (Wildman–Crippen MR) is 83.9 cm³/mol. The van der Waals surface area contributed by atoms with Gasteiger partial charge in [-0.05, 0) is 48.9 Å². The smallest absolute Gasteiger partial charge is 0.219 e. The van der Waals surface area contributed by atoms with Crippen LogP contribution < -0.4 is 14.8 Å². The lowest BCUT2D eigenvalue weighted by Crippen LogP contribution is -2.11. The van der Waals surface area contributed by atoms with E-state index in [1.165, 1.54) is 0 Å². The highest BCUT2D eigenvalue weighted by Gasteiger charge is 2.01. The monoisotopic (exact) mass is 286 g/mol. The minimum absolute atomic E-state index is 0.604. The van der Waals surface area contributed by atoms with Crippen molar-refractivity contribution in [1.82, 2.24) is 10.3 Å². The molecule has 0 spiro atoms. The lowest BCUT2D eigenvalue weighted by molar-refractivity contribution is 0.317. The summed E-state index contributed by atoms with van der Waals surface area (Å²) in [5.41, 5.74) is 1.16. The highest BCUT2D eigenvalue weighted by Crippen LogP contribution is 2.23. The van der Waals surface area contributed by atoms with Crippen molar-refractivity contribution < 1.29 is 9.47 Å². The SMILES string of the molecule is CCCOc1ccc(Oc2cc(CNCC)ccn2)cc1. The summed E-state index contributed by atoms with van der Waals surface area (Å²) in [5, 5.41) is 3.28. The average molecular weight is 286 g/mol. The highest BCUT2D eigenvalue weighted by atomic mass is 16.5. The molecular weight excluding hydrogens is 264 g/mol. The molecule has 1 heterocycles. The molecule has 0 saturated heterocycles. The van der Waals surface area contributed by atoms with E-state index in [1.807, 2.05) is 36.4 Å². The Morgan fingerprint density at radius 2 is 1.81 bits per heavy atom. The van der Waals surface area contributed by atoms with Gasteiger partial charge in [0.25, 0.3) is 0 Å². The maximum absolute atomic E-state index is 5.76. The zero-order chi connectivity index (χ0) is 14.9. The summed E-state index contributed by atoms with van der Waals surface area (Å²) in [6.45, 7) is 6.66. The van der Waals surface area contributed by atoms with Gasteiger partial charge in [-0.1, -0.05) is 13.8 Å². The zero-order valence-electron chi connectivity index (χ0n) is 12.6. The molecule has 4 nitrogen and oxygen atoms in total. The third-order valence-corrected chi connectivity index (χ3v) is 2.90. The Bertz CT molecular complexity index is 541. The maximum atomic E-state index is 5.76. The third-order valence-electron chi connectivity index (χ3n) is 2.90. The third kappa shape index (κ3) is 5.08. The number of aromatic nitrogens is 1. The first-order valence-corrected chi connectivity index (χ1v) is 7.38. The largest absolute Gasteiger partial charge is 0.494 e. The summed E-state index contributed by atoms with van der Waals surface area (Å²) in [6.07, 6.45) is 2.77. The quantitative estimate of drug-likeness (QED) is 0.802. The van der Waals surface area contributed by atoms with Crippen LogP contribution in [0.25, 0.3) is 0 Å². The fourth-order valence-electron chi connectivity index (χ4n) is 1.83. The van der Waals surface area contributed by atoms with Crippen LogP contribution in [-0.2, 0) is 6.54 Å². The van der Waals surface area contributed by atoms with Gasteiger partial charge in [-0.3, -0.25) is 0 Å². The number of hydrogen-bond acceptors (Lipinski definition) is 4. The normalized spacial score (nSPS) is 10.4. The Kier molecular flexibility index (Phi) is 6.03. The summed E-state index contributed by atoms with van der Waals surface area (Å²) >= 11 is 0. The summed E-state index contributed by atoms with van der Waals surface area (Å²) in [7, 11) is 0. The van der Waals surface area contributed by atoms with Crippen molar-refractivity contribution in [3.63, 3.8) is 0 Å². The Balaban J connectivity index is 1.97. The number of nitrogens with one attached hydrogen (secondary N) is 1. The van der Waals surface area contributed by atoms with E-state index in [-0.39, 0.29) is 0 Å². The molecule has 1 aromatic heterocycles. The number of ether oxygens (including phenoxy) is 2. The molecule has 0 aliphatic rings. The number of pyridine rings is 1. The topological polar surface area (TPSA) is 43.4 Å². The fraction of sp³-hybridized carbons (Fsp3) is 0.353. The number of benzene rings is 1. The van der Waals surface area contributed by atoms with E-state index in [9.17, 15) is 0 Å². The van der Waals surface area contributed by atoms with Crippen LogP contribution in [0.5, 0.6) is 17.4 Å². The molecule has 0 unspecified atom stereocenters. The molecule has 0 aliphatic heterocycles. The van der Waals surface area contributed by atoms with E-state index in [0.29, 0.717) is 5.88 Å². The maximum Gasteiger partial charge on any atom is 0.219 e. The Morgan fingerprint density at radius 1 is 1.05 bits per heavy atom. The van der Waals surface area contributed by atoms with Gasteiger partial charge in [-0.25, -0.2) is 4.98 Å². The fourth-order valence-corrected chi connectivity index (χ4v) is 1.83. The van der Waals surface area contributed by atoms with Crippen molar-refractivity contribution in [1.29, 1.82) is 0 Å². The van der Waals surface area contributed by atoms with Crippen LogP contribution >= 0.6 is 0 Å². The molecule has 0 fully saturated rings. The second kappa shape index (κ2) is 8.27. The van der Waals surface area contributed by atoms with E-state index in [2.05, 4.69) is 24.1 Å². The van der Waals surface area contributed by atoms with Crippen molar-refractivity contribution in [2.45, 2.75) is 26.8 Å². The van der Waals surface area contributed by atoms with Gasteiger partial charge in [0, 0.05) is 18.8 Å². The first-order chi connectivity index (χ1) is 10.3. The molecule has 2 aromatic rings. The summed E-state index contributed by atoms with van der Waals surface area (Å²) in [5.74, 6) is 2.22. The zero-order valence-corrected chi connectivity index (χ0v) is 12.6. The van der Waals surface area contributed by atoms with Crippen molar-refractivity contribution in [2.75, 3.05) is 13.2 Å². The Hall–Kier alpha value is -2.07. The molecule has 0 amide bonds. The Morgan fingerprint density at radius 3 is 2.52 bits per heavy atom. The molecule has 1 aromatic carbocycles. The van der Waals surface area contributed by atoms with Crippen molar-refractivity contribution in [2.24, 2.45) is 0 Å². The molecule has 0 atom stereocenters. The minimum Gasteiger partial charge on any atom is -0.494 e. The summed E-state index contributed by atoms with van der Waals surface area (Å²) in [6, 6.07) is 11.5. The molecule has 1 N–H and O–H groups in total. The van der Waals surface area contributed by atoms with Crippen LogP contribution in [-0.4, -0.2) is 18.1 Å². The first-order valence-electron chi connectivity index (χ1n) is 7.38. The van der Waals surface area contributed by atoms with E-state index >= 15 is 0 Å². The van der Waals surface area contributed by atoms with Crippen LogP contribution in [0.15, 0.2) is 42.6 Å². The van der Waals surface area contributed by atoms with E-state index in [0.717, 1.165) is 43.2 Å². The first kappa shape index (κ1) is 15.3. The van der Waals surface area contributed by atoms with Gasteiger partial charge in [0.15, 0.2) is 0 Å². The van der Waals surface area contributed by atoms with Crippen molar-refractivity contribution in [3.05, 3.63) is 48.2 Å². The predicted octanol–water partition coefficient (Wildman–Crippen LogP) is 3.77. The standard InChI is InChI=1S/C17H22N2O2/c1-3-11-20-15-5-7-16(8-6-15)21-17-12-14(9-10-19-17)13-18-4-2/h5-10,12,18H,3-4,11,13H2,1-2H3. The van der Waals surface area contributed by atoms with Gasteiger partial charge in [0.1, 0.15) is 11.5 Å².